The highest BCUT2D eigenvalue weighted by Crippen LogP contribution is 2.22. The molecule has 0 spiro atoms. The van der Waals surface area contributed by atoms with Gasteiger partial charge in [0.1, 0.15) is 0 Å². The summed E-state index contributed by atoms with van der Waals surface area (Å²) in [5.41, 5.74) is 0. The molecule has 0 aromatic carbocycles. The van der Waals surface area contributed by atoms with Gasteiger partial charge in [-0.3, -0.25) is 4.48 Å². The molecular weight excluding hydrogens is 865 g/mol. The highest BCUT2D eigenvalue weighted by Gasteiger charge is 2.47. The average Bonchev–Trinajstić information content (AvgIpc) is 3.25. The van der Waals surface area contributed by atoms with Crippen molar-refractivity contribution in [1.82, 2.24) is 9.80 Å². The number of carboxylic acids is 4. The second kappa shape index (κ2) is 52.5. The molecule has 0 fully saturated rings. The number of carbonyl (C=O) groups is 4. The van der Waals surface area contributed by atoms with E-state index in [0.717, 1.165) is 19.5 Å². The van der Waals surface area contributed by atoms with Crippen molar-refractivity contribution in [3.8, 4) is 0 Å². The van der Waals surface area contributed by atoms with Crippen LogP contribution in [0.15, 0.2) is 0 Å². The molecule has 68 heavy (non-hydrogen) atoms. The predicted molar refractivity (Wildman–Crippen MR) is 279 cm³/mol. The maximum atomic E-state index is 10.9. The first-order valence-electron chi connectivity index (χ1n) is 27.2. The number of likely N-dealkylation sites (N-methyl/N-ethyl adjacent to an activating group) is 2. The number of hydrogen-bond acceptors (Lipinski definition) is 10. The third-order valence-corrected chi connectivity index (χ3v) is 12.1. The Kier molecular flexibility index (Phi) is 57.5. The summed E-state index contributed by atoms with van der Waals surface area (Å²) in [7, 11) is 16.8. The van der Waals surface area contributed by atoms with Crippen LogP contribution in [0, 0.1) is 0 Å². The first-order valence-corrected chi connectivity index (χ1v) is 27.2. The lowest BCUT2D eigenvalue weighted by molar-refractivity contribution is -1.03. The molecule has 0 aromatic heterocycles. The number of aliphatic hydroxyl groups is 2. The fourth-order valence-corrected chi connectivity index (χ4v) is 7.46. The highest BCUT2D eigenvalue weighted by atomic mass is 16.5. The third-order valence-electron chi connectivity index (χ3n) is 12.1. The summed E-state index contributed by atoms with van der Waals surface area (Å²) in [6.45, 7) is 13.8. The Balaban J connectivity index is -0.000000286. The molecular formula is C54H114N4O10. The lowest BCUT2D eigenvalue weighted by atomic mass is 10.1. The maximum Gasteiger partial charge on any atom is 0.414 e. The van der Waals surface area contributed by atoms with Crippen molar-refractivity contribution in [2.75, 3.05) is 89.1 Å². The first kappa shape index (κ1) is 74.6. The molecule has 14 heteroatoms. The summed E-state index contributed by atoms with van der Waals surface area (Å²) in [5.74, 6) is -9.69. The number of aliphatic carboxylic acids is 4. The molecule has 0 bridgehead atoms. The van der Waals surface area contributed by atoms with E-state index in [1.54, 1.807) is 0 Å². The summed E-state index contributed by atoms with van der Waals surface area (Å²) in [5, 5.41) is 54.5. The number of hydrogen-bond donors (Lipinski definition) is 4. The van der Waals surface area contributed by atoms with Crippen molar-refractivity contribution < 1.29 is 58.8 Å². The van der Waals surface area contributed by atoms with Crippen LogP contribution in [0.25, 0.3) is 0 Å². The average molecular weight is 980 g/mol. The second-order valence-corrected chi connectivity index (χ2v) is 20.7. The number of carbonyl (C=O) groups excluding carboxylic acids is 2. The van der Waals surface area contributed by atoms with Crippen LogP contribution in [0.4, 0.5) is 0 Å². The van der Waals surface area contributed by atoms with Crippen LogP contribution >= 0.6 is 0 Å². The summed E-state index contributed by atoms with van der Waals surface area (Å²) in [6, 6.07) is 0. The molecule has 4 N–H and O–H groups in total. The summed E-state index contributed by atoms with van der Waals surface area (Å²) in [6.07, 6.45) is 43.5. The van der Waals surface area contributed by atoms with Crippen molar-refractivity contribution in [1.29, 1.82) is 0 Å². The van der Waals surface area contributed by atoms with Crippen LogP contribution in [-0.4, -0.2) is 158 Å². The minimum atomic E-state index is -2.19. The maximum absolute atomic E-state index is 10.9. The minimum absolute atomic E-state index is 0.266. The number of nitrogens with zero attached hydrogens (tertiary/aromatic N) is 4. The van der Waals surface area contributed by atoms with Crippen LogP contribution < -0.4 is 10.2 Å². The van der Waals surface area contributed by atoms with Crippen molar-refractivity contribution in [2.24, 2.45) is 0 Å². The molecule has 0 saturated carbocycles. The van der Waals surface area contributed by atoms with Crippen molar-refractivity contribution in [3.63, 3.8) is 0 Å². The SMILES string of the molecule is CCCCCCCCCCN(C)C.CCCCCCCCCCN(C)C.CCCCCCCCCC[N+](C)(C)CC(O)(O)[N+](C)(C)CCCCCCCCCC.O=C(O)C(=O)O.O=C([O-])C(=O)[O-]. The molecule has 0 saturated heterocycles. The van der Waals surface area contributed by atoms with Gasteiger partial charge in [0.2, 0.25) is 0 Å². The predicted octanol–water partition coefficient (Wildman–Crippen LogP) is 9.08. The van der Waals surface area contributed by atoms with Crippen LogP contribution in [-0.2, 0) is 19.2 Å². The molecule has 0 atom stereocenters. The summed E-state index contributed by atoms with van der Waals surface area (Å²) < 4.78 is 0.934. The quantitative estimate of drug-likeness (QED) is 0.0197. The van der Waals surface area contributed by atoms with Crippen molar-refractivity contribution in [2.45, 2.75) is 239 Å². The summed E-state index contributed by atoms with van der Waals surface area (Å²) >= 11 is 0. The Morgan fingerprint density at radius 3 is 0.838 bits per heavy atom. The second-order valence-electron chi connectivity index (χ2n) is 20.7. The van der Waals surface area contributed by atoms with E-state index in [4.69, 9.17) is 39.6 Å². The van der Waals surface area contributed by atoms with E-state index in [1.165, 1.54) is 212 Å². The van der Waals surface area contributed by atoms with Crippen molar-refractivity contribution >= 4 is 23.9 Å². The molecule has 0 aromatic rings. The molecule has 0 radical (unpaired) electrons. The molecule has 14 nitrogen and oxygen atoms in total. The van der Waals surface area contributed by atoms with Crippen LogP contribution in [0.2, 0.25) is 0 Å². The van der Waals surface area contributed by atoms with E-state index in [-0.39, 0.29) is 4.48 Å². The lowest BCUT2D eigenvalue weighted by Gasteiger charge is -2.44. The monoisotopic (exact) mass is 979 g/mol. The molecule has 410 valence electrons. The Morgan fingerprint density at radius 1 is 0.397 bits per heavy atom. The van der Waals surface area contributed by atoms with E-state index in [0.29, 0.717) is 11.0 Å². The van der Waals surface area contributed by atoms with E-state index < -0.39 is 29.8 Å². The number of carboxylic acid groups (broad SMARTS) is 4. The largest absolute Gasteiger partial charge is 0.543 e. The Morgan fingerprint density at radius 2 is 0.618 bits per heavy atom. The molecule has 0 rings (SSSR count). The number of quaternary nitrogens is 2. The van der Waals surface area contributed by atoms with Crippen molar-refractivity contribution in [3.05, 3.63) is 0 Å². The van der Waals surface area contributed by atoms with Crippen LogP contribution in [0.3, 0.4) is 0 Å². The van der Waals surface area contributed by atoms with Gasteiger partial charge in [0.25, 0.3) is 0 Å². The Bertz CT molecular complexity index is 1050. The smallest absolute Gasteiger partial charge is 0.414 e. The zero-order valence-corrected chi connectivity index (χ0v) is 46.7. The normalized spacial score (nSPS) is 11.4. The van der Waals surface area contributed by atoms with Gasteiger partial charge in [0.15, 0.2) is 6.54 Å². The fourth-order valence-electron chi connectivity index (χ4n) is 7.46. The van der Waals surface area contributed by atoms with Crippen LogP contribution in [0.1, 0.15) is 233 Å². The molecule has 0 amide bonds. The summed E-state index contributed by atoms with van der Waals surface area (Å²) in [4.78, 5) is 40.6. The van der Waals surface area contributed by atoms with Gasteiger partial charge in [0.05, 0.1) is 53.2 Å². The minimum Gasteiger partial charge on any atom is -0.543 e. The van der Waals surface area contributed by atoms with E-state index >= 15 is 0 Å². The van der Waals surface area contributed by atoms with Gasteiger partial charge in [-0.2, -0.15) is 0 Å². The van der Waals surface area contributed by atoms with Gasteiger partial charge in [-0.1, -0.05) is 195 Å². The van der Waals surface area contributed by atoms with Gasteiger partial charge in [0, 0.05) is 0 Å². The van der Waals surface area contributed by atoms with Gasteiger partial charge < -0.3 is 54.5 Å². The van der Waals surface area contributed by atoms with E-state index in [2.05, 4.69) is 79.8 Å². The zero-order valence-electron chi connectivity index (χ0n) is 46.7. The fraction of sp³-hybridized carbons (Fsp3) is 0.926. The molecule has 0 unspecified atom stereocenters. The van der Waals surface area contributed by atoms with Gasteiger partial charge in [-0.25, -0.2) is 9.59 Å². The van der Waals surface area contributed by atoms with Crippen LogP contribution in [0.5, 0.6) is 0 Å². The standard InChI is InChI=1S/C26H58N2O2.2C12H27N.2C2H2O4/c1-7-9-11-13-15-17-19-21-23-27(3,4)25-26(29,30)28(5,6)24-22-20-18-16-14-12-10-8-2;2*1-4-5-6-7-8-9-10-11-12-13(2)3;2*3-1(4)2(5)6/h29-30H,7-25H2,1-6H3;2*4-12H2,1-3H3;2*(H,3,4)(H,5,6)/q+2;;;;/p-2. The van der Waals surface area contributed by atoms with E-state index in [1.807, 2.05) is 14.1 Å². The number of unbranched alkanes of at least 4 members (excludes halogenated alkanes) is 28. The van der Waals surface area contributed by atoms with E-state index in [9.17, 15) is 10.2 Å². The molecule has 0 aliphatic rings. The topological polar surface area (TPSA) is 202 Å². The molecule has 0 heterocycles. The first-order chi connectivity index (χ1) is 31.9. The molecule has 0 aliphatic heterocycles. The van der Waals surface area contributed by atoms with Gasteiger partial charge >= 0.3 is 17.8 Å². The number of rotatable bonds is 39. The Hall–Kier alpha value is -2.36. The van der Waals surface area contributed by atoms with Gasteiger partial charge in [-0.15, -0.1) is 0 Å². The van der Waals surface area contributed by atoms with Gasteiger partial charge in [-0.05, 0) is 79.8 Å². The third kappa shape index (κ3) is 63.6. The molecule has 0 aliphatic carbocycles. The zero-order chi connectivity index (χ0) is 53.1. The Labute approximate surface area is 419 Å². The lowest BCUT2D eigenvalue weighted by Crippen LogP contribution is -2.67. The highest BCUT2D eigenvalue weighted by molar-refractivity contribution is 6.27.